The molecule has 0 saturated carbocycles. The molecule has 0 radical (unpaired) electrons. The van der Waals surface area contributed by atoms with Crippen molar-refractivity contribution in [3.05, 3.63) is 95.1 Å². The number of halogens is 3. The van der Waals surface area contributed by atoms with E-state index < -0.39 is 16.0 Å². The first-order chi connectivity index (χ1) is 19.2. The fourth-order valence-electron chi connectivity index (χ4n) is 4.55. The molecule has 1 saturated heterocycles. The Morgan fingerprint density at radius 2 is 1.62 bits per heavy atom. The van der Waals surface area contributed by atoms with Crippen molar-refractivity contribution < 1.29 is 24.5 Å². The third kappa shape index (κ3) is 8.14. The molecule has 4 atom stereocenters. The van der Waals surface area contributed by atoms with Gasteiger partial charge in [0.1, 0.15) is 0 Å². The number of benzene rings is 3. The van der Waals surface area contributed by atoms with Gasteiger partial charge in [0.25, 0.3) is 9.70 Å². The number of rotatable bonds is 10. The highest BCUT2D eigenvalue weighted by atomic mass is 35.6. The molecular weight excluding hydrogens is 593 g/mol. The largest absolute Gasteiger partial charge is 0.396 e. The lowest BCUT2D eigenvalue weighted by molar-refractivity contribution is -0.268. The summed E-state index contributed by atoms with van der Waals surface area (Å²) in [6.45, 7) is 2.47. The van der Waals surface area contributed by atoms with E-state index in [1.165, 1.54) is 0 Å². The Balaban J connectivity index is 1.51. The zero-order chi connectivity index (χ0) is 28.7. The van der Waals surface area contributed by atoms with Crippen molar-refractivity contribution in [3.63, 3.8) is 0 Å². The summed E-state index contributed by atoms with van der Waals surface area (Å²) in [4.78, 5) is 11.9. The van der Waals surface area contributed by atoms with Gasteiger partial charge in [-0.2, -0.15) is 11.8 Å². The van der Waals surface area contributed by atoms with Gasteiger partial charge in [0.2, 0.25) is 0 Å². The molecule has 4 rings (SSSR count). The van der Waals surface area contributed by atoms with Crippen LogP contribution in [0.3, 0.4) is 0 Å². The maximum atomic E-state index is 11.9. The lowest BCUT2D eigenvalue weighted by atomic mass is 9.91. The first-order valence-corrected chi connectivity index (χ1v) is 15.2. The molecule has 1 amide bonds. The molecule has 6 nitrogen and oxygen atoms in total. The van der Waals surface area contributed by atoms with Crippen molar-refractivity contribution in [2.75, 3.05) is 18.1 Å². The molecule has 0 aliphatic carbocycles. The van der Waals surface area contributed by atoms with Crippen LogP contribution in [-0.2, 0) is 27.4 Å². The number of carbonyl (C=O) groups is 1. The minimum atomic E-state index is -2.01. The molecule has 3 aromatic carbocycles. The van der Waals surface area contributed by atoms with E-state index in [1.807, 2.05) is 72.8 Å². The Bertz CT molecular complexity index is 1250. The normalized spacial score (nSPS) is 21.2. The van der Waals surface area contributed by atoms with Crippen LogP contribution >= 0.6 is 46.6 Å². The van der Waals surface area contributed by atoms with Crippen LogP contribution in [0.5, 0.6) is 0 Å². The van der Waals surface area contributed by atoms with Crippen LogP contribution in [0, 0.1) is 5.92 Å². The number of nitrogens with one attached hydrogen (secondary N) is 1. The Kier molecular flexibility index (Phi) is 11.2. The molecule has 1 heterocycles. The highest BCUT2D eigenvalue weighted by molar-refractivity contribution is 7.99. The number of carbonyl (C=O) groups excluding carboxylic acids is 1. The lowest BCUT2D eigenvalue weighted by Gasteiger charge is -2.41. The van der Waals surface area contributed by atoms with Gasteiger partial charge in [-0.1, -0.05) is 108 Å². The third-order valence-electron chi connectivity index (χ3n) is 6.79. The van der Waals surface area contributed by atoms with Crippen molar-refractivity contribution >= 4 is 52.5 Å². The second kappa shape index (κ2) is 14.4. The number of ether oxygens (including phenoxy) is 2. The molecule has 1 aliphatic heterocycles. The van der Waals surface area contributed by atoms with Gasteiger partial charge < -0.3 is 25.0 Å². The molecule has 214 valence electrons. The molecule has 1 fully saturated rings. The number of alkyl halides is 3. The Morgan fingerprint density at radius 1 is 0.925 bits per heavy atom. The molecule has 4 unspecified atom stereocenters. The summed E-state index contributed by atoms with van der Waals surface area (Å²) >= 11 is 18.6. The van der Waals surface area contributed by atoms with Gasteiger partial charge in [-0.15, -0.1) is 0 Å². The number of hydrogen-bond acceptors (Lipinski definition) is 6. The van der Waals surface area contributed by atoms with Gasteiger partial charge >= 0.3 is 0 Å². The van der Waals surface area contributed by atoms with E-state index in [0.717, 1.165) is 39.1 Å². The van der Waals surface area contributed by atoms with Crippen LogP contribution in [0.25, 0.3) is 11.1 Å². The first kappa shape index (κ1) is 31.1. The van der Waals surface area contributed by atoms with Gasteiger partial charge in [-0.25, -0.2) is 0 Å². The van der Waals surface area contributed by atoms with Crippen LogP contribution in [0.2, 0.25) is 0 Å². The molecule has 0 aromatic heterocycles. The second-order valence-electron chi connectivity index (χ2n) is 9.62. The Labute approximate surface area is 253 Å². The molecular formula is C30H32Cl3NO5S. The molecule has 10 heteroatoms. The smallest absolute Gasteiger partial charge is 0.272 e. The minimum absolute atomic E-state index is 0.00757. The summed E-state index contributed by atoms with van der Waals surface area (Å²) < 4.78 is 10.9. The molecule has 1 aliphatic rings. The summed E-state index contributed by atoms with van der Waals surface area (Å²) in [6, 6.07) is 23.6. The van der Waals surface area contributed by atoms with Gasteiger partial charge in [-0.3, -0.25) is 4.79 Å². The average molecular weight is 625 g/mol. The first-order valence-electron chi connectivity index (χ1n) is 12.9. The number of hydrogen-bond donors (Lipinski definition) is 3. The maximum Gasteiger partial charge on any atom is 0.272 e. The van der Waals surface area contributed by atoms with Crippen molar-refractivity contribution in [3.8, 4) is 11.1 Å². The molecule has 0 spiro atoms. The minimum Gasteiger partial charge on any atom is -0.396 e. The van der Waals surface area contributed by atoms with E-state index in [1.54, 1.807) is 11.8 Å². The van der Waals surface area contributed by atoms with Crippen LogP contribution in [-0.4, -0.2) is 44.1 Å². The van der Waals surface area contributed by atoms with Gasteiger partial charge in [0.15, 0.2) is 6.29 Å². The summed E-state index contributed by atoms with van der Waals surface area (Å²) in [5.74, 6) is 0.804. The van der Waals surface area contributed by atoms with Gasteiger partial charge in [0, 0.05) is 29.5 Å². The zero-order valence-electron chi connectivity index (χ0n) is 21.9. The van der Waals surface area contributed by atoms with Crippen molar-refractivity contribution in [2.45, 2.75) is 42.4 Å². The van der Waals surface area contributed by atoms with Crippen LogP contribution in [0.1, 0.15) is 41.6 Å². The van der Waals surface area contributed by atoms with Crippen molar-refractivity contribution in [2.24, 2.45) is 5.92 Å². The summed E-state index contributed by atoms with van der Waals surface area (Å²) in [5.41, 5.74) is 5.62. The zero-order valence-corrected chi connectivity index (χ0v) is 25.0. The number of thioether (sulfide) groups is 1. The van der Waals surface area contributed by atoms with Gasteiger partial charge in [0.05, 0.1) is 25.4 Å². The second-order valence-corrected chi connectivity index (χ2v) is 13.1. The number of amides is 1. The van der Waals surface area contributed by atoms with Crippen molar-refractivity contribution in [1.29, 1.82) is 0 Å². The number of aliphatic hydroxyl groups is 2. The predicted octanol–water partition coefficient (Wildman–Crippen LogP) is 6.35. The summed E-state index contributed by atoms with van der Waals surface area (Å²) in [6.07, 6.45) is -0.821. The quantitative estimate of drug-likeness (QED) is 0.180. The maximum absolute atomic E-state index is 11.9. The van der Waals surface area contributed by atoms with Gasteiger partial charge in [-0.05, 0) is 33.9 Å². The predicted molar refractivity (Wildman–Crippen MR) is 161 cm³/mol. The average Bonchev–Trinajstić information content (AvgIpc) is 2.96. The summed E-state index contributed by atoms with van der Waals surface area (Å²) in [7, 11) is 0. The fraction of sp³-hybridized carbons (Fsp3) is 0.367. The molecule has 0 bridgehead atoms. The third-order valence-corrected chi connectivity index (χ3v) is 8.35. The van der Waals surface area contributed by atoms with E-state index in [-0.39, 0.29) is 37.9 Å². The Hall–Kier alpha value is -1.81. The number of aliphatic hydroxyl groups excluding tert-OH is 2. The monoisotopic (exact) mass is 623 g/mol. The standard InChI is InChI=1S/C30H32Cl3NO5S/c1-19-26(18-40-14-13-35)38-28(39-27(19)23-7-5-20(17-36)6-8-23)24-11-9-22(10-12-24)25-4-2-3-21(15-25)16-34-29(37)30(31,32)33/h2-12,15,19,26-28,35-36H,13-14,16-18H2,1H3,(H,34,37). The van der Waals surface area contributed by atoms with E-state index in [4.69, 9.17) is 44.3 Å². The SMILES string of the molecule is CC1C(CSCCO)OC(c2ccc(-c3cccc(CNC(=O)C(Cl)(Cl)Cl)c3)cc2)OC1c1ccc(CO)cc1. The topological polar surface area (TPSA) is 88.0 Å². The molecule has 3 N–H and O–H groups in total. The van der Waals surface area contributed by atoms with E-state index in [9.17, 15) is 15.0 Å². The fourth-order valence-corrected chi connectivity index (χ4v) is 5.66. The van der Waals surface area contributed by atoms with E-state index >= 15 is 0 Å². The van der Waals surface area contributed by atoms with E-state index in [2.05, 4.69) is 12.2 Å². The van der Waals surface area contributed by atoms with Crippen molar-refractivity contribution in [1.82, 2.24) is 5.32 Å². The highest BCUT2D eigenvalue weighted by Crippen LogP contribution is 2.42. The van der Waals surface area contributed by atoms with Crippen LogP contribution in [0.15, 0.2) is 72.8 Å². The van der Waals surface area contributed by atoms with E-state index in [0.29, 0.717) is 5.75 Å². The summed E-state index contributed by atoms with van der Waals surface area (Å²) in [5, 5.41) is 21.3. The molecule has 40 heavy (non-hydrogen) atoms. The van der Waals surface area contributed by atoms with Crippen LogP contribution in [0.4, 0.5) is 0 Å². The highest BCUT2D eigenvalue weighted by Gasteiger charge is 2.38. The van der Waals surface area contributed by atoms with Crippen LogP contribution < -0.4 is 5.32 Å². The molecule has 3 aromatic rings. The lowest BCUT2D eigenvalue weighted by Crippen LogP contribution is -2.38. The Morgan fingerprint density at radius 3 is 2.27 bits per heavy atom.